The van der Waals surface area contributed by atoms with Gasteiger partial charge in [0.1, 0.15) is 12.0 Å². The van der Waals surface area contributed by atoms with Crippen LogP contribution in [0.25, 0.3) is 0 Å². The fraction of sp³-hybridized carbons (Fsp3) is 0.522. The Morgan fingerprint density at radius 1 is 1.13 bits per heavy atom. The molecule has 0 bridgehead atoms. The standard InChI is InChI=1S/C23H30N4O3S/c1-31(29,30)19-9-7-18(8-10-19)14-27-12-11-20-21(15-27)25-16-26-22(20)23(28)24-13-17-5-3-2-4-6-17/h7-10,16-17H,2-6,11-15H2,1H3,(H,24,28). The summed E-state index contributed by atoms with van der Waals surface area (Å²) < 4.78 is 23.3. The number of hydrogen-bond donors (Lipinski definition) is 1. The first-order chi connectivity index (χ1) is 14.9. The molecule has 0 unspecified atom stereocenters. The Bertz CT molecular complexity index is 1030. The first-order valence-corrected chi connectivity index (χ1v) is 12.9. The van der Waals surface area contributed by atoms with Gasteiger partial charge in [0.25, 0.3) is 5.91 Å². The molecule has 31 heavy (non-hydrogen) atoms. The minimum absolute atomic E-state index is 0.0889. The van der Waals surface area contributed by atoms with E-state index in [4.69, 9.17) is 0 Å². The first kappa shape index (κ1) is 21.9. The molecule has 166 valence electrons. The zero-order valence-electron chi connectivity index (χ0n) is 18.0. The summed E-state index contributed by atoms with van der Waals surface area (Å²) in [5.41, 5.74) is 3.41. The topological polar surface area (TPSA) is 92.3 Å². The molecular formula is C23H30N4O3S. The maximum absolute atomic E-state index is 12.8. The molecule has 7 nitrogen and oxygen atoms in total. The van der Waals surface area contributed by atoms with Gasteiger partial charge in [-0.2, -0.15) is 0 Å². The molecule has 0 atom stereocenters. The second-order valence-electron chi connectivity index (χ2n) is 8.74. The van der Waals surface area contributed by atoms with Crippen LogP contribution in [0.2, 0.25) is 0 Å². The molecule has 0 spiro atoms. The smallest absolute Gasteiger partial charge is 0.270 e. The van der Waals surface area contributed by atoms with Gasteiger partial charge in [0, 0.05) is 38.0 Å². The van der Waals surface area contributed by atoms with Gasteiger partial charge < -0.3 is 5.32 Å². The van der Waals surface area contributed by atoms with Gasteiger partial charge in [-0.25, -0.2) is 18.4 Å². The van der Waals surface area contributed by atoms with E-state index in [1.165, 1.54) is 44.7 Å². The van der Waals surface area contributed by atoms with Gasteiger partial charge in [-0.1, -0.05) is 31.4 Å². The minimum atomic E-state index is -3.19. The number of aromatic nitrogens is 2. The lowest BCUT2D eigenvalue weighted by molar-refractivity contribution is 0.0935. The predicted molar refractivity (Wildman–Crippen MR) is 118 cm³/mol. The fourth-order valence-electron chi connectivity index (χ4n) is 4.55. The normalized spacial score (nSPS) is 17.8. The average molecular weight is 443 g/mol. The Labute approximate surface area is 184 Å². The summed E-state index contributed by atoms with van der Waals surface area (Å²) in [7, 11) is -3.19. The van der Waals surface area contributed by atoms with Crippen molar-refractivity contribution in [1.82, 2.24) is 20.2 Å². The molecule has 2 aromatic rings. The maximum atomic E-state index is 12.8. The van der Waals surface area contributed by atoms with E-state index in [0.717, 1.165) is 36.3 Å². The number of rotatable bonds is 6. The van der Waals surface area contributed by atoms with Crippen molar-refractivity contribution >= 4 is 15.7 Å². The number of carbonyl (C=O) groups excluding carboxylic acids is 1. The number of nitrogens with zero attached hydrogens (tertiary/aromatic N) is 3. The second-order valence-corrected chi connectivity index (χ2v) is 10.8. The zero-order chi connectivity index (χ0) is 21.8. The van der Waals surface area contributed by atoms with Crippen LogP contribution in [0, 0.1) is 5.92 Å². The van der Waals surface area contributed by atoms with Gasteiger partial charge in [-0.15, -0.1) is 0 Å². The third-order valence-corrected chi connectivity index (χ3v) is 7.46. The van der Waals surface area contributed by atoms with Crippen LogP contribution in [0.15, 0.2) is 35.5 Å². The Morgan fingerprint density at radius 3 is 2.58 bits per heavy atom. The lowest BCUT2D eigenvalue weighted by atomic mass is 9.89. The number of hydrogen-bond acceptors (Lipinski definition) is 6. The van der Waals surface area contributed by atoms with Crippen molar-refractivity contribution < 1.29 is 13.2 Å². The third-order valence-electron chi connectivity index (χ3n) is 6.33. The number of nitrogens with one attached hydrogen (secondary N) is 1. The molecule has 1 aromatic heterocycles. The summed E-state index contributed by atoms with van der Waals surface area (Å²) in [5, 5.41) is 3.10. The van der Waals surface area contributed by atoms with Gasteiger partial charge >= 0.3 is 0 Å². The predicted octanol–water partition coefficient (Wildman–Crippen LogP) is 2.75. The Balaban J connectivity index is 1.39. The van der Waals surface area contributed by atoms with Gasteiger partial charge in [0.05, 0.1) is 10.6 Å². The van der Waals surface area contributed by atoms with E-state index in [-0.39, 0.29) is 5.91 Å². The molecule has 2 heterocycles. The lowest BCUT2D eigenvalue weighted by Crippen LogP contribution is -2.35. The van der Waals surface area contributed by atoms with Gasteiger partial charge in [-0.05, 0) is 42.9 Å². The second kappa shape index (κ2) is 9.44. The van der Waals surface area contributed by atoms with E-state index in [0.29, 0.717) is 29.6 Å². The largest absolute Gasteiger partial charge is 0.350 e. The number of carbonyl (C=O) groups is 1. The highest BCUT2D eigenvalue weighted by molar-refractivity contribution is 7.90. The molecule has 4 rings (SSSR count). The number of amides is 1. The van der Waals surface area contributed by atoms with Crippen molar-refractivity contribution in [2.24, 2.45) is 5.92 Å². The Morgan fingerprint density at radius 2 is 1.87 bits per heavy atom. The molecule has 1 N–H and O–H groups in total. The lowest BCUT2D eigenvalue weighted by Gasteiger charge is -2.29. The number of sulfone groups is 1. The monoisotopic (exact) mass is 442 g/mol. The molecule has 8 heteroatoms. The van der Waals surface area contributed by atoms with Crippen molar-refractivity contribution in [1.29, 1.82) is 0 Å². The van der Waals surface area contributed by atoms with Crippen LogP contribution in [0.5, 0.6) is 0 Å². The number of benzene rings is 1. The van der Waals surface area contributed by atoms with E-state index in [1.807, 2.05) is 12.1 Å². The maximum Gasteiger partial charge on any atom is 0.270 e. The van der Waals surface area contributed by atoms with Crippen LogP contribution in [-0.2, 0) is 29.3 Å². The van der Waals surface area contributed by atoms with E-state index < -0.39 is 9.84 Å². The highest BCUT2D eigenvalue weighted by Crippen LogP contribution is 2.24. The molecule has 2 aliphatic rings. The first-order valence-electron chi connectivity index (χ1n) is 11.0. The van der Waals surface area contributed by atoms with Crippen LogP contribution >= 0.6 is 0 Å². The van der Waals surface area contributed by atoms with Gasteiger partial charge in [0.15, 0.2) is 9.84 Å². The van der Waals surface area contributed by atoms with Crippen molar-refractivity contribution in [2.45, 2.75) is 56.5 Å². The van der Waals surface area contributed by atoms with E-state index in [2.05, 4.69) is 20.2 Å². The van der Waals surface area contributed by atoms with Crippen LogP contribution in [0.3, 0.4) is 0 Å². The van der Waals surface area contributed by atoms with Crippen molar-refractivity contribution in [3.05, 3.63) is 53.1 Å². The molecule has 0 radical (unpaired) electrons. The minimum Gasteiger partial charge on any atom is -0.350 e. The highest BCUT2D eigenvalue weighted by Gasteiger charge is 2.24. The fourth-order valence-corrected chi connectivity index (χ4v) is 5.18. The Hall–Kier alpha value is -2.32. The van der Waals surface area contributed by atoms with E-state index >= 15 is 0 Å². The van der Waals surface area contributed by atoms with Crippen LogP contribution in [-0.4, -0.2) is 48.5 Å². The van der Waals surface area contributed by atoms with Crippen LogP contribution < -0.4 is 5.32 Å². The molecule has 1 aliphatic heterocycles. The van der Waals surface area contributed by atoms with E-state index in [1.54, 1.807) is 12.1 Å². The third kappa shape index (κ3) is 5.49. The summed E-state index contributed by atoms with van der Waals surface area (Å²) >= 11 is 0. The highest BCUT2D eigenvalue weighted by atomic mass is 32.2. The SMILES string of the molecule is CS(=O)(=O)c1ccc(CN2CCc3c(ncnc3C(=O)NCC3CCCCC3)C2)cc1. The van der Waals surface area contributed by atoms with Gasteiger partial charge in [-0.3, -0.25) is 9.69 Å². The Kier molecular flexibility index (Phi) is 6.67. The molecule has 1 saturated carbocycles. The quantitative estimate of drug-likeness (QED) is 0.740. The summed E-state index contributed by atoms with van der Waals surface area (Å²) in [6.07, 6.45) is 9.65. The molecule has 1 amide bonds. The van der Waals surface area contributed by atoms with Crippen molar-refractivity contribution in [3.8, 4) is 0 Å². The summed E-state index contributed by atoms with van der Waals surface area (Å²) in [6, 6.07) is 7.02. The summed E-state index contributed by atoms with van der Waals surface area (Å²) in [5.74, 6) is 0.494. The molecule has 0 saturated heterocycles. The van der Waals surface area contributed by atoms with Crippen LogP contribution in [0.4, 0.5) is 0 Å². The average Bonchev–Trinajstić information content (AvgIpc) is 2.77. The zero-order valence-corrected chi connectivity index (χ0v) is 18.8. The van der Waals surface area contributed by atoms with Crippen molar-refractivity contribution in [3.63, 3.8) is 0 Å². The summed E-state index contributed by atoms with van der Waals surface area (Å²) in [4.78, 5) is 24.1. The van der Waals surface area contributed by atoms with Gasteiger partial charge in [0.2, 0.25) is 0 Å². The molecule has 1 fully saturated rings. The van der Waals surface area contributed by atoms with E-state index in [9.17, 15) is 13.2 Å². The summed E-state index contributed by atoms with van der Waals surface area (Å²) in [6.45, 7) is 2.88. The van der Waals surface area contributed by atoms with Crippen LogP contribution in [0.1, 0.15) is 59.4 Å². The molecule has 1 aromatic carbocycles. The molecule has 1 aliphatic carbocycles. The molecular weight excluding hydrogens is 412 g/mol. The van der Waals surface area contributed by atoms with Crippen molar-refractivity contribution in [2.75, 3.05) is 19.3 Å². The number of fused-ring (bicyclic) bond motifs is 1.